The van der Waals surface area contributed by atoms with Gasteiger partial charge in [0.05, 0.1) is 8.46 Å². The molecular formula is C10H13NO3. The van der Waals surface area contributed by atoms with Crippen LogP contribution in [-0.4, -0.2) is 24.2 Å². The third-order valence-electron chi connectivity index (χ3n) is 1.84. The Kier molecular flexibility index (Phi) is 2.98. The lowest BCUT2D eigenvalue weighted by atomic mass is 10.1. The topological polar surface area (TPSA) is 72.5 Å². The summed E-state index contributed by atoms with van der Waals surface area (Å²) in [7, 11) is -0.158. The maximum atomic E-state index is 10.5. The number of hydrogen-bond donors (Lipinski definition) is 2. The van der Waals surface area contributed by atoms with Crippen LogP contribution in [-0.2, 0) is 11.2 Å². The SMILES string of the molecule is [2H]COc1cccc(C[C@H](N)C(=O)O)c1. The maximum Gasteiger partial charge on any atom is 0.320 e. The second kappa shape index (κ2) is 4.62. The Labute approximate surface area is 83.7 Å². The van der Waals surface area contributed by atoms with Crippen LogP contribution >= 0.6 is 0 Å². The summed E-state index contributed by atoms with van der Waals surface area (Å²) in [5.74, 6) is -0.470. The molecular weight excluding hydrogens is 182 g/mol. The average Bonchev–Trinajstić information content (AvgIpc) is 2.18. The molecule has 0 fully saturated rings. The fraction of sp³-hybridized carbons (Fsp3) is 0.300. The van der Waals surface area contributed by atoms with Crippen molar-refractivity contribution < 1.29 is 16.0 Å². The quantitative estimate of drug-likeness (QED) is 0.741. The molecule has 1 aromatic carbocycles. The molecule has 3 N–H and O–H groups in total. The number of hydrogen-bond acceptors (Lipinski definition) is 3. The van der Waals surface area contributed by atoms with Crippen molar-refractivity contribution in [2.24, 2.45) is 5.73 Å². The molecule has 0 aliphatic heterocycles. The average molecular weight is 196 g/mol. The van der Waals surface area contributed by atoms with Crippen LogP contribution in [0.1, 0.15) is 6.93 Å². The molecule has 0 aromatic heterocycles. The molecule has 0 unspecified atom stereocenters. The van der Waals surface area contributed by atoms with E-state index in [9.17, 15) is 4.79 Å². The van der Waals surface area contributed by atoms with Gasteiger partial charge in [0.1, 0.15) is 11.8 Å². The van der Waals surface area contributed by atoms with Gasteiger partial charge < -0.3 is 15.6 Å². The van der Waals surface area contributed by atoms with Gasteiger partial charge in [0.25, 0.3) is 0 Å². The van der Waals surface area contributed by atoms with Crippen LogP contribution in [0.4, 0.5) is 0 Å². The second-order valence-electron chi connectivity index (χ2n) is 2.94. The number of carboxylic acids is 1. The summed E-state index contributed by atoms with van der Waals surface area (Å²) in [4.78, 5) is 10.5. The molecule has 4 heteroatoms. The molecule has 0 saturated carbocycles. The summed E-state index contributed by atoms with van der Waals surface area (Å²) in [6.45, 7) is 0. The highest BCUT2D eigenvalue weighted by Gasteiger charge is 2.11. The molecule has 0 aliphatic carbocycles. The molecule has 0 aliphatic rings. The highest BCUT2D eigenvalue weighted by atomic mass is 16.5. The highest BCUT2D eigenvalue weighted by molar-refractivity contribution is 5.73. The third-order valence-corrected chi connectivity index (χ3v) is 1.84. The summed E-state index contributed by atoms with van der Waals surface area (Å²) in [6, 6.07) is 6.02. The molecule has 1 aromatic rings. The van der Waals surface area contributed by atoms with Gasteiger partial charge >= 0.3 is 5.97 Å². The fourth-order valence-electron chi connectivity index (χ4n) is 1.10. The lowest BCUT2D eigenvalue weighted by molar-refractivity contribution is -0.138. The predicted octanol–water partition coefficient (Wildman–Crippen LogP) is 0.650. The van der Waals surface area contributed by atoms with E-state index in [4.69, 9.17) is 16.9 Å². The van der Waals surface area contributed by atoms with Crippen molar-refractivity contribution in [3.05, 3.63) is 29.8 Å². The standard InChI is InChI=1S/C10H13NO3/c1-14-8-4-2-3-7(5-8)6-9(11)10(12)13/h2-5,9H,6,11H2,1H3,(H,12,13)/t9-/m0/s1/i1D. The van der Waals surface area contributed by atoms with E-state index in [1.165, 1.54) is 0 Å². The molecule has 1 atom stereocenters. The van der Waals surface area contributed by atoms with Crippen LogP contribution in [0.15, 0.2) is 24.3 Å². The zero-order valence-electron chi connectivity index (χ0n) is 8.64. The Morgan fingerprint density at radius 2 is 2.57 bits per heavy atom. The summed E-state index contributed by atoms with van der Waals surface area (Å²) < 4.78 is 11.8. The molecule has 0 amide bonds. The number of carbonyl (C=O) groups is 1. The zero-order valence-corrected chi connectivity index (χ0v) is 7.64. The Hall–Kier alpha value is -1.55. The molecule has 14 heavy (non-hydrogen) atoms. The van der Waals surface area contributed by atoms with Gasteiger partial charge in [0.15, 0.2) is 0 Å². The smallest absolute Gasteiger partial charge is 0.320 e. The van der Waals surface area contributed by atoms with Gasteiger partial charge in [-0.3, -0.25) is 4.79 Å². The summed E-state index contributed by atoms with van der Waals surface area (Å²) in [5.41, 5.74) is 6.18. The van der Waals surface area contributed by atoms with E-state index in [1.807, 2.05) is 0 Å². The predicted molar refractivity (Wildman–Crippen MR) is 52.3 cm³/mol. The van der Waals surface area contributed by atoms with E-state index in [-0.39, 0.29) is 13.5 Å². The van der Waals surface area contributed by atoms with E-state index < -0.39 is 12.0 Å². The Morgan fingerprint density at radius 1 is 1.79 bits per heavy atom. The highest BCUT2D eigenvalue weighted by Crippen LogP contribution is 2.13. The normalized spacial score (nSPS) is 13.1. The molecule has 0 spiro atoms. The molecule has 0 heterocycles. The minimum Gasteiger partial charge on any atom is -0.497 e. The van der Waals surface area contributed by atoms with Crippen molar-refractivity contribution in [2.45, 2.75) is 12.5 Å². The zero-order chi connectivity index (χ0) is 11.3. The Bertz CT molecular complexity index is 343. The monoisotopic (exact) mass is 196 g/mol. The molecule has 0 bridgehead atoms. The summed E-state index contributed by atoms with van der Waals surface area (Å²) in [6.07, 6.45) is 0.254. The molecule has 76 valence electrons. The van der Waals surface area contributed by atoms with Crippen LogP contribution in [0, 0.1) is 0 Å². The first-order chi connectivity index (χ1) is 7.13. The van der Waals surface area contributed by atoms with Crippen LogP contribution in [0.5, 0.6) is 5.75 Å². The van der Waals surface area contributed by atoms with E-state index in [2.05, 4.69) is 0 Å². The molecule has 1 rings (SSSR count). The molecule has 0 saturated heterocycles. The lowest BCUT2D eigenvalue weighted by Crippen LogP contribution is -2.32. The van der Waals surface area contributed by atoms with Gasteiger partial charge in [-0.1, -0.05) is 12.1 Å². The largest absolute Gasteiger partial charge is 0.497 e. The first-order valence-corrected chi connectivity index (χ1v) is 4.13. The minimum atomic E-state index is -1.03. The molecule has 4 nitrogen and oxygen atoms in total. The van der Waals surface area contributed by atoms with Crippen LogP contribution < -0.4 is 10.5 Å². The maximum absolute atomic E-state index is 10.5. The van der Waals surface area contributed by atoms with Gasteiger partial charge in [-0.15, -0.1) is 0 Å². The fourth-order valence-corrected chi connectivity index (χ4v) is 1.10. The van der Waals surface area contributed by atoms with Gasteiger partial charge in [-0.25, -0.2) is 0 Å². The number of aliphatic carboxylic acids is 1. The van der Waals surface area contributed by atoms with E-state index in [0.717, 1.165) is 5.56 Å². The van der Waals surface area contributed by atoms with Gasteiger partial charge in [-0.2, -0.15) is 0 Å². The van der Waals surface area contributed by atoms with E-state index in [0.29, 0.717) is 5.75 Å². The number of benzene rings is 1. The number of rotatable bonds is 4. The van der Waals surface area contributed by atoms with Gasteiger partial charge in [-0.05, 0) is 24.1 Å². The van der Waals surface area contributed by atoms with Crippen molar-refractivity contribution in [3.63, 3.8) is 0 Å². The minimum absolute atomic E-state index is 0.158. The van der Waals surface area contributed by atoms with Crippen molar-refractivity contribution >= 4 is 5.97 Å². The number of carboxylic acid groups (broad SMARTS) is 1. The Balaban J connectivity index is 2.68. The van der Waals surface area contributed by atoms with Crippen LogP contribution in [0.25, 0.3) is 0 Å². The second-order valence-corrected chi connectivity index (χ2v) is 2.94. The number of nitrogens with two attached hydrogens (primary N) is 1. The third kappa shape index (κ3) is 2.74. The van der Waals surface area contributed by atoms with Crippen molar-refractivity contribution in [1.82, 2.24) is 0 Å². The first-order valence-electron chi connectivity index (χ1n) is 4.83. The van der Waals surface area contributed by atoms with Crippen molar-refractivity contribution in [1.29, 1.82) is 0 Å². The van der Waals surface area contributed by atoms with Gasteiger partial charge in [0.2, 0.25) is 0 Å². The van der Waals surface area contributed by atoms with Crippen molar-refractivity contribution in [3.8, 4) is 5.75 Å². The van der Waals surface area contributed by atoms with E-state index in [1.54, 1.807) is 24.3 Å². The number of methoxy groups -OCH3 is 1. The van der Waals surface area contributed by atoms with Crippen LogP contribution in [0.3, 0.4) is 0 Å². The number of ether oxygens (including phenoxy) is 1. The Morgan fingerprint density at radius 3 is 3.21 bits per heavy atom. The van der Waals surface area contributed by atoms with Gasteiger partial charge in [0, 0.05) is 0 Å². The van der Waals surface area contributed by atoms with Crippen LogP contribution in [0.2, 0.25) is 0 Å². The lowest BCUT2D eigenvalue weighted by Gasteiger charge is -2.07. The van der Waals surface area contributed by atoms with E-state index >= 15 is 0 Å². The summed E-state index contributed by atoms with van der Waals surface area (Å²) in [5, 5.41) is 8.63. The summed E-state index contributed by atoms with van der Waals surface area (Å²) >= 11 is 0. The molecule has 0 radical (unpaired) electrons. The first kappa shape index (κ1) is 9.02. The van der Waals surface area contributed by atoms with Crippen molar-refractivity contribution in [2.75, 3.05) is 7.09 Å².